The van der Waals surface area contributed by atoms with Crippen molar-refractivity contribution >= 4 is 23.6 Å². The molecule has 0 radical (unpaired) electrons. The summed E-state index contributed by atoms with van der Waals surface area (Å²) < 4.78 is 38.0. The van der Waals surface area contributed by atoms with Crippen LogP contribution in [0.15, 0.2) is 24.3 Å². The van der Waals surface area contributed by atoms with Gasteiger partial charge >= 0.3 is 12.1 Å². The molecule has 126 valence electrons. The molecular weight excluding hydrogens is 331 g/mol. The third-order valence-electron chi connectivity index (χ3n) is 3.75. The molecule has 0 spiro atoms. The summed E-state index contributed by atoms with van der Waals surface area (Å²) in [5, 5.41) is 11.9. The average Bonchev–Trinajstić information content (AvgIpc) is 2.47. The predicted octanol–water partition coefficient (Wildman–Crippen LogP) is 2.71. The van der Waals surface area contributed by atoms with Gasteiger partial charge in [0.25, 0.3) is 0 Å². The van der Waals surface area contributed by atoms with Crippen molar-refractivity contribution < 1.29 is 27.9 Å². The summed E-state index contributed by atoms with van der Waals surface area (Å²) in [6.07, 6.45) is -4.15. The van der Waals surface area contributed by atoms with Crippen LogP contribution in [-0.4, -0.2) is 34.0 Å². The fraction of sp³-hybridized carbons (Fsp3) is 0.467. The molecule has 0 atom stereocenters. The lowest BCUT2D eigenvalue weighted by atomic mass is 9.92. The molecular formula is C15H16F3NO3S. The first-order valence-electron chi connectivity index (χ1n) is 7.01. The van der Waals surface area contributed by atoms with Gasteiger partial charge in [-0.2, -0.15) is 24.9 Å². The normalized spacial score (nSPS) is 17.5. The fourth-order valence-corrected chi connectivity index (χ4v) is 3.66. The standard InChI is InChI=1S/C15H16F3NO3S/c16-15(17,18)11-3-1-2-10(8-11)9-12(20)19-14(13(21)22)4-6-23-7-5-14/h1-3,8H,4-7,9H2,(H,19,20)(H,21,22). The van der Waals surface area contributed by atoms with Crippen molar-refractivity contribution in [3.05, 3.63) is 35.4 Å². The quantitative estimate of drug-likeness (QED) is 0.879. The second-order valence-electron chi connectivity index (χ2n) is 5.42. The van der Waals surface area contributed by atoms with Gasteiger partial charge in [-0.05, 0) is 36.0 Å². The molecule has 0 aromatic heterocycles. The van der Waals surface area contributed by atoms with Gasteiger partial charge < -0.3 is 10.4 Å². The van der Waals surface area contributed by atoms with Crippen LogP contribution in [-0.2, 0) is 22.2 Å². The molecule has 4 nitrogen and oxygen atoms in total. The van der Waals surface area contributed by atoms with Crippen molar-refractivity contribution in [3.8, 4) is 0 Å². The van der Waals surface area contributed by atoms with E-state index in [1.807, 2.05) is 0 Å². The molecule has 1 amide bonds. The number of carbonyl (C=O) groups excluding carboxylic acids is 1. The molecule has 1 aromatic rings. The van der Waals surface area contributed by atoms with Crippen LogP contribution in [0.25, 0.3) is 0 Å². The molecule has 23 heavy (non-hydrogen) atoms. The van der Waals surface area contributed by atoms with Crippen LogP contribution in [0.5, 0.6) is 0 Å². The largest absolute Gasteiger partial charge is 0.480 e. The lowest BCUT2D eigenvalue weighted by Gasteiger charge is -2.33. The second kappa shape index (κ2) is 6.82. The highest BCUT2D eigenvalue weighted by Crippen LogP contribution is 2.30. The van der Waals surface area contributed by atoms with E-state index in [1.54, 1.807) is 11.8 Å². The summed E-state index contributed by atoms with van der Waals surface area (Å²) in [5.74, 6) is -0.444. The molecule has 2 rings (SSSR count). The Labute approximate surface area is 135 Å². The topological polar surface area (TPSA) is 66.4 Å². The highest BCUT2D eigenvalue weighted by molar-refractivity contribution is 7.99. The Hall–Kier alpha value is -1.70. The van der Waals surface area contributed by atoms with Crippen molar-refractivity contribution in [2.45, 2.75) is 31.0 Å². The van der Waals surface area contributed by atoms with Gasteiger partial charge in [-0.25, -0.2) is 4.79 Å². The van der Waals surface area contributed by atoms with E-state index in [4.69, 9.17) is 0 Å². The zero-order chi connectivity index (χ0) is 17.1. The van der Waals surface area contributed by atoms with Gasteiger partial charge in [0.1, 0.15) is 5.54 Å². The van der Waals surface area contributed by atoms with Gasteiger partial charge in [0, 0.05) is 0 Å². The third kappa shape index (κ3) is 4.40. The van der Waals surface area contributed by atoms with E-state index in [0.29, 0.717) is 24.3 Å². The number of alkyl halides is 3. The first-order valence-corrected chi connectivity index (χ1v) is 8.17. The van der Waals surface area contributed by atoms with Gasteiger partial charge in [-0.3, -0.25) is 4.79 Å². The number of halogens is 3. The maximum atomic E-state index is 12.7. The number of thioether (sulfide) groups is 1. The maximum absolute atomic E-state index is 12.7. The Morgan fingerprint density at radius 2 is 1.91 bits per heavy atom. The number of carboxylic acid groups (broad SMARTS) is 1. The van der Waals surface area contributed by atoms with E-state index < -0.39 is 29.2 Å². The molecule has 0 aliphatic carbocycles. The van der Waals surface area contributed by atoms with Crippen LogP contribution >= 0.6 is 11.8 Å². The van der Waals surface area contributed by atoms with E-state index in [1.165, 1.54) is 12.1 Å². The van der Waals surface area contributed by atoms with Crippen molar-refractivity contribution in [1.29, 1.82) is 0 Å². The number of amides is 1. The molecule has 2 N–H and O–H groups in total. The van der Waals surface area contributed by atoms with Crippen LogP contribution < -0.4 is 5.32 Å². The maximum Gasteiger partial charge on any atom is 0.416 e. The molecule has 1 aliphatic heterocycles. The Bertz CT molecular complexity index is 598. The van der Waals surface area contributed by atoms with Crippen LogP contribution in [0.4, 0.5) is 13.2 Å². The van der Waals surface area contributed by atoms with Crippen LogP contribution in [0.3, 0.4) is 0 Å². The van der Waals surface area contributed by atoms with E-state index >= 15 is 0 Å². The zero-order valence-electron chi connectivity index (χ0n) is 12.2. The monoisotopic (exact) mass is 347 g/mol. The number of carboxylic acids is 1. The summed E-state index contributed by atoms with van der Waals surface area (Å²) >= 11 is 1.61. The molecule has 1 saturated heterocycles. The van der Waals surface area contributed by atoms with Crippen molar-refractivity contribution in [2.24, 2.45) is 0 Å². The second-order valence-corrected chi connectivity index (χ2v) is 6.65. The minimum atomic E-state index is -4.48. The SMILES string of the molecule is O=C(Cc1cccc(C(F)(F)F)c1)NC1(C(=O)O)CCSCC1. The highest BCUT2D eigenvalue weighted by Gasteiger charge is 2.41. The number of aliphatic carboxylic acids is 1. The van der Waals surface area contributed by atoms with Crippen LogP contribution in [0, 0.1) is 0 Å². The molecule has 1 heterocycles. The average molecular weight is 347 g/mol. The smallest absolute Gasteiger partial charge is 0.416 e. The van der Waals surface area contributed by atoms with E-state index in [0.717, 1.165) is 12.1 Å². The molecule has 1 aliphatic rings. The summed E-state index contributed by atoms with van der Waals surface area (Å²) in [7, 11) is 0. The first-order chi connectivity index (χ1) is 10.7. The summed E-state index contributed by atoms with van der Waals surface area (Å²) in [5.41, 5.74) is -1.95. The summed E-state index contributed by atoms with van der Waals surface area (Å²) in [6.45, 7) is 0. The zero-order valence-corrected chi connectivity index (χ0v) is 13.0. The van der Waals surface area contributed by atoms with E-state index in [2.05, 4.69) is 5.32 Å². The van der Waals surface area contributed by atoms with Gasteiger partial charge in [-0.15, -0.1) is 0 Å². The molecule has 0 saturated carbocycles. The van der Waals surface area contributed by atoms with Crippen LogP contribution in [0.2, 0.25) is 0 Å². The van der Waals surface area contributed by atoms with Crippen LogP contribution in [0.1, 0.15) is 24.0 Å². The third-order valence-corrected chi connectivity index (χ3v) is 4.74. The lowest BCUT2D eigenvalue weighted by Crippen LogP contribution is -2.56. The predicted molar refractivity (Wildman–Crippen MR) is 80.2 cm³/mol. The summed E-state index contributed by atoms with van der Waals surface area (Å²) in [4.78, 5) is 23.6. The Morgan fingerprint density at radius 1 is 1.26 bits per heavy atom. The molecule has 8 heteroatoms. The van der Waals surface area contributed by atoms with Gasteiger partial charge in [0.2, 0.25) is 5.91 Å². The number of hydrogen-bond donors (Lipinski definition) is 2. The molecule has 0 unspecified atom stereocenters. The molecule has 0 bridgehead atoms. The highest BCUT2D eigenvalue weighted by atomic mass is 32.2. The number of carbonyl (C=O) groups is 2. The number of benzene rings is 1. The minimum Gasteiger partial charge on any atom is -0.480 e. The van der Waals surface area contributed by atoms with Crippen molar-refractivity contribution in [1.82, 2.24) is 5.32 Å². The number of hydrogen-bond acceptors (Lipinski definition) is 3. The Morgan fingerprint density at radius 3 is 2.48 bits per heavy atom. The summed E-state index contributed by atoms with van der Waals surface area (Å²) in [6, 6.07) is 4.48. The van der Waals surface area contributed by atoms with E-state index in [-0.39, 0.29) is 12.0 Å². The lowest BCUT2D eigenvalue weighted by molar-refractivity contribution is -0.148. The van der Waals surface area contributed by atoms with Crippen molar-refractivity contribution in [2.75, 3.05) is 11.5 Å². The van der Waals surface area contributed by atoms with Gasteiger partial charge in [0.05, 0.1) is 12.0 Å². The van der Waals surface area contributed by atoms with Crippen molar-refractivity contribution in [3.63, 3.8) is 0 Å². The van der Waals surface area contributed by atoms with Gasteiger partial charge in [-0.1, -0.05) is 18.2 Å². The van der Waals surface area contributed by atoms with E-state index in [9.17, 15) is 27.9 Å². The number of nitrogens with one attached hydrogen (secondary N) is 1. The number of rotatable bonds is 4. The Kier molecular flexibility index (Phi) is 5.23. The minimum absolute atomic E-state index is 0.197. The Balaban J connectivity index is 2.08. The fourth-order valence-electron chi connectivity index (χ4n) is 2.47. The molecule has 1 fully saturated rings. The van der Waals surface area contributed by atoms with Gasteiger partial charge in [0.15, 0.2) is 0 Å². The first kappa shape index (κ1) is 17.7. The molecule has 1 aromatic carbocycles.